The van der Waals surface area contributed by atoms with Crippen LogP contribution in [0.4, 0.5) is 5.69 Å². The number of hydrazine groups is 1. The van der Waals surface area contributed by atoms with Crippen LogP contribution in [-0.4, -0.2) is 42.1 Å². The first-order valence-electron chi connectivity index (χ1n) is 7.25. The molecule has 0 bridgehead atoms. The Kier molecular flexibility index (Phi) is 4.80. The van der Waals surface area contributed by atoms with Crippen LogP contribution in [0.15, 0.2) is 35.6 Å². The molecule has 1 aliphatic rings. The van der Waals surface area contributed by atoms with Gasteiger partial charge in [0.1, 0.15) is 6.10 Å². The Morgan fingerprint density at radius 1 is 1.29 bits per heavy atom. The number of benzene rings is 1. The summed E-state index contributed by atoms with van der Waals surface area (Å²) in [6.45, 7) is 7.67. The molecule has 1 heterocycles. The van der Waals surface area contributed by atoms with Crippen LogP contribution in [0.1, 0.15) is 27.2 Å². The summed E-state index contributed by atoms with van der Waals surface area (Å²) in [5.41, 5.74) is 0.949. The molecule has 0 aromatic heterocycles. The van der Waals surface area contributed by atoms with E-state index < -0.39 is 0 Å². The highest BCUT2D eigenvalue weighted by molar-refractivity contribution is 5.47. The minimum absolute atomic E-state index is 0.0345. The topological polar surface area (TPSA) is 48.4 Å². The van der Waals surface area contributed by atoms with Gasteiger partial charge in [-0.3, -0.25) is 0 Å². The van der Waals surface area contributed by atoms with Crippen molar-refractivity contribution in [2.24, 2.45) is 5.29 Å². The van der Waals surface area contributed by atoms with Gasteiger partial charge in [-0.25, -0.2) is 4.84 Å². The molecule has 0 saturated carbocycles. The van der Waals surface area contributed by atoms with E-state index in [1.165, 1.54) is 5.69 Å². The molecule has 0 aliphatic carbocycles. The highest BCUT2D eigenvalue weighted by Crippen LogP contribution is 2.23. The minimum Gasteiger partial charge on any atom is -0.369 e. The fraction of sp³-hybridized carbons (Fsp3) is 0.600. The standard InChI is InChI=1S/C15H24N4O2/c1-15(2,3)17(4)19(16-20)21-14-10-11-18(12-14)13-8-6-5-7-9-13/h5-9,14H,10-12H2,1-4H3/t14-/m1/s1. The molecule has 1 atom stereocenters. The molecule has 1 aliphatic heterocycles. The highest BCUT2D eigenvalue weighted by atomic mass is 16.8. The minimum atomic E-state index is -0.231. The highest BCUT2D eigenvalue weighted by Gasteiger charge is 2.30. The summed E-state index contributed by atoms with van der Waals surface area (Å²) in [6.07, 6.45) is 0.839. The van der Waals surface area contributed by atoms with Crippen molar-refractivity contribution in [1.29, 1.82) is 0 Å². The summed E-state index contributed by atoms with van der Waals surface area (Å²) in [4.78, 5) is 19.0. The van der Waals surface area contributed by atoms with Gasteiger partial charge in [0.2, 0.25) is 0 Å². The number of hydrogen-bond donors (Lipinski definition) is 0. The van der Waals surface area contributed by atoms with Crippen molar-refractivity contribution in [2.75, 3.05) is 25.0 Å². The number of para-hydroxylation sites is 1. The molecule has 1 aromatic carbocycles. The molecule has 21 heavy (non-hydrogen) atoms. The van der Waals surface area contributed by atoms with Gasteiger partial charge < -0.3 is 4.90 Å². The summed E-state index contributed by atoms with van der Waals surface area (Å²) < 4.78 is 0. The van der Waals surface area contributed by atoms with Crippen LogP contribution in [0.3, 0.4) is 0 Å². The summed E-state index contributed by atoms with van der Waals surface area (Å²) in [6, 6.07) is 10.2. The van der Waals surface area contributed by atoms with E-state index in [2.05, 4.69) is 22.3 Å². The van der Waals surface area contributed by atoms with Crippen molar-refractivity contribution in [3.05, 3.63) is 35.2 Å². The Hall–Kier alpha value is -1.66. The lowest BCUT2D eigenvalue weighted by atomic mass is 10.1. The largest absolute Gasteiger partial charge is 0.369 e. The van der Waals surface area contributed by atoms with Crippen LogP contribution in [-0.2, 0) is 4.84 Å². The van der Waals surface area contributed by atoms with Gasteiger partial charge in [-0.1, -0.05) is 23.5 Å². The van der Waals surface area contributed by atoms with Gasteiger partial charge in [0.25, 0.3) is 0 Å². The summed E-state index contributed by atoms with van der Waals surface area (Å²) in [5, 5.41) is 5.75. The SMILES string of the molecule is CN(N(N=O)O[C@@H]1CCN(c2ccccc2)C1)C(C)(C)C. The average molecular weight is 292 g/mol. The molecule has 116 valence electrons. The zero-order chi connectivity index (χ0) is 15.5. The zero-order valence-corrected chi connectivity index (χ0v) is 13.2. The van der Waals surface area contributed by atoms with Crippen LogP contribution in [0.5, 0.6) is 0 Å². The third kappa shape index (κ3) is 3.92. The quantitative estimate of drug-likeness (QED) is 0.617. The molecule has 6 heteroatoms. The van der Waals surface area contributed by atoms with Crippen LogP contribution in [0.2, 0.25) is 0 Å². The van der Waals surface area contributed by atoms with Crippen molar-refractivity contribution < 1.29 is 4.84 Å². The molecular formula is C15H24N4O2. The molecule has 0 unspecified atom stereocenters. The van der Waals surface area contributed by atoms with Gasteiger partial charge in [0.05, 0.1) is 5.29 Å². The molecule has 0 N–H and O–H groups in total. The first-order chi connectivity index (χ1) is 9.91. The van der Waals surface area contributed by atoms with E-state index in [-0.39, 0.29) is 11.6 Å². The Balaban J connectivity index is 1.94. The van der Waals surface area contributed by atoms with Gasteiger partial charge in [0.15, 0.2) is 0 Å². The fourth-order valence-electron chi connectivity index (χ4n) is 2.22. The first kappa shape index (κ1) is 15.7. The first-order valence-corrected chi connectivity index (χ1v) is 7.25. The smallest absolute Gasteiger partial charge is 0.108 e. The number of anilines is 1. The molecule has 6 nitrogen and oxygen atoms in total. The maximum Gasteiger partial charge on any atom is 0.108 e. The molecule has 1 saturated heterocycles. The maximum absolute atomic E-state index is 11.0. The molecule has 0 spiro atoms. The fourth-order valence-corrected chi connectivity index (χ4v) is 2.22. The summed E-state index contributed by atoms with van der Waals surface area (Å²) in [5.74, 6) is 0. The van der Waals surface area contributed by atoms with Crippen LogP contribution in [0.25, 0.3) is 0 Å². The Morgan fingerprint density at radius 2 is 1.95 bits per heavy atom. The van der Waals surface area contributed by atoms with E-state index in [4.69, 9.17) is 4.84 Å². The lowest BCUT2D eigenvalue weighted by Crippen LogP contribution is -2.49. The molecule has 0 amide bonds. The summed E-state index contributed by atoms with van der Waals surface area (Å²) >= 11 is 0. The lowest BCUT2D eigenvalue weighted by Gasteiger charge is -2.36. The van der Waals surface area contributed by atoms with Crippen molar-refractivity contribution >= 4 is 5.69 Å². The third-order valence-electron chi connectivity index (χ3n) is 3.81. The van der Waals surface area contributed by atoms with E-state index in [9.17, 15) is 4.91 Å². The van der Waals surface area contributed by atoms with Gasteiger partial charge in [0, 0.05) is 31.4 Å². The normalized spacial score (nSPS) is 19.1. The van der Waals surface area contributed by atoms with Crippen LogP contribution < -0.4 is 4.90 Å². The predicted octanol–water partition coefficient (Wildman–Crippen LogP) is 2.83. The van der Waals surface area contributed by atoms with Gasteiger partial charge in [-0.05, 0) is 39.3 Å². The second-order valence-electron chi connectivity index (χ2n) is 6.33. The van der Waals surface area contributed by atoms with Crippen LogP contribution >= 0.6 is 0 Å². The number of nitroso groups, excluding NO2 is 1. The van der Waals surface area contributed by atoms with Gasteiger partial charge >= 0.3 is 0 Å². The van der Waals surface area contributed by atoms with E-state index in [0.717, 1.165) is 24.8 Å². The second kappa shape index (κ2) is 6.41. The number of hydrogen-bond acceptors (Lipinski definition) is 5. The lowest BCUT2D eigenvalue weighted by molar-refractivity contribution is -0.320. The molecular weight excluding hydrogens is 268 g/mol. The zero-order valence-electron chi connectivity index (χ0n) is 13.2. The Morgan fingerprint density at radius 3 is 2.52 bits per heavy atom. The van der Waals surface area contributed by atoms with Gasteiger partial charge in [-0.15, -0.1) is 4.91 Å². The second-order valence-corrected chi connectivity index (χ2v) is 6.33. The predicted molar refractivity (Wildman–Crippen MR) is 83.3 cm³/mol. The monoisotopic (exact) mass is 292 g/mol. The van der Waals surface area contributed by atoms with Crippen LogP contribution in [0, 0.1) is 4.91 Å². The van der Waals surface area contributed by atoms with Gasteiger partial charge in [-0.2, -0.15) is 5.01 Å². The van der Waals surface area contributed by atoms with E-state index in [1.54, 1.807) is 12.1 Å². The molecule has 1 aromatic rings. The van der Waals surface area contributed by atoms with Crippen molar-refractivity contribution in [3.8, 4) is 0 Å². The maximum atomic E-state index is 11.0. The number of nitrogens with zero attached hydrogens (tertiary/aromatic N) is 4. The molecule has 2 rings (SSSR count). The third-order valence-corrected chi connectivity index (χ3v) is 3.81. The average Bonchev–Trinajstić information content (AvgIpc) is 2.92. The van der Waals surface area contributed by atoms with E-state index in [0.29, 0.717) is 0 Å². The Labute approximate surface area is 126 Å². The summed E-state index contributed by atoms with van der Waals surface area (Å²) in [7, 11) is 1.80. The van der Waals surface area contributed by atoms with Crippen molar-refractivity contribution in [2.45, 2.75) is 38.8 Å². The number of rotatable bonds is 5. The van der Waals surface area contributed by atoms with E-state index in [1.807, 2.05) is 39.0 Å². The Bertz CT molecular complexity index is 460. The molecule has 0 radical (unpaired) electrons. The van der Waals surface area contributed by atoms with E-state index >= 15 is 0 Å². The molecule has 1 fully saturated rings. The van der Waals surface area contributed by atoms with Crippen molar-refractivity contribution in [1.82, 2.24) is 10.3 Å². The van der Waals surface area contributed by atoms with Crippen molar-refractivity contribution in [3.63, 3.8) is 0 Å².